The number of fused-ring (bicyclic) bond motifs is 1. The van der Waals surface area contributed by atoms with E-state index < -0.39 is 0 Å². The molecule has 3 aromatic rings. The lowest BCUT2D eigenvalue weighted by Gasteiger charge is -2.11. The smallest absolute Gasteiger partial charge is 0.0470 e. The summed E-state index contributed by atoms with van der Waals surface area (Å²) >= 11 is 12.4. The maximum Gasteiger partial charge on any atom is 0.0470 e. The van der Waals surface area contributed by atoms with Crippen LogP contribution in [0.3, 0.4) is 0 Å². The quantitative estimate of drug-likeness (QED) is 0.723. The second-order valence-corrected chi connectivity index (χ2v) is 5.27. The second kappa shape index (κ2) is 5.70. The highest BCUT2D eigenvalue weighted by molar-refractivity contribution is 6.36. The predicted molar refractivity (Wildman–Crippen MR) is 85.5 cm³/mol. The minimum absolute atomic E-state index is 0.583. The van der Waals surface area contributed by atoms with Crippen LogP contribution in [0.5, 0.6) is 0 Å². The molecule has 1 N–H and O–H groups in total. The van der Waals surface area contributed by atoms with Gasteiger partial charge in [0.25, 0.3) is 0 Å². The van der Waals surface area contributed by atoms with Gasteiger partial charge in [0.1, 0.15) is 0 Å². The Morgan fingerprint density at radius 1 is 0.950 bits per heavy atom. The van der Waals surface area contributed by atoms with Crippen molar-refractivity contribution in [1.29, 1.82) is 0 Å². The van der Waals surface area contributed by atoms with Crippen LogP contribution in [0, 0.1) is 0 Å². The van der Waals surface area contributed by atoms with Gasteiger partial charge in [0.15, 0.2) is 0 Å². The molecule has 0 saturated carbocycles. The van der Waals surface area contributed by atoms with E-state index in [2.05, 4.69) is 10.3 Å². The molecule has 4 heteroatoms. The lowest BCUT2D eigenvalue weighted by molar-refractivity contribution is 1.15. The number of nitrogens with zero attached hydrogens (tertiary/aromatic N) is 1. The number of anilines is 1. The molecular formula is C16H12Cl2N2. The van der Waals surface area contributed by atoms with E-state index in [1.54, 1.807) is 6.20 Å². The lowest BCUT2D eigenvalue weighted by atomic mass is 10.1. The molecule has 0 unspecified atom stereocenters. The fraction of sp³-hybridized carbons (Fsp3) is 0.0625. The van der Waals surface area contributed by atoms with Crippen molar-refractivity contribution < 1.29 is 0 Å². The van der Waals surface area contributed by atoms with Gasteiger partial charge in [0.2, 0.25) is 0 Å². The first-order chi connectivity index (χ1) is 9.75. The fourth-order valence-corrected chi connectivity index (χ4v) is 2.69. The second-order valence-electron chi connectivity index (χ2n) is 4.46. The number of hydrogen-bond donors (Lipinski definition) is 1. The first-order valence-electron chi connectivity index (χ1n) is 6.25. The molecule has 0 aliphatic rings. The summed E-state index contributed by atoms with van der Waals surface area (Å²) in [5.74, 6) is 0. The molecule has 0 saturated heterocycles. The maximum atomic E-state index is 6.18. The molecule has 1 aromatic heterocycles. The SMILES string of the molecule is Clc1cccc(Cl)c1CNc1cccc2cnccc12. The van der Waals surface area contributed by atoms with Gasteiger partial charge in [-0.05, 0) is 24.3 Å². The summed E-state index contributed by atoms with van der Waals surface area (Å²) in [6.07, 6.45) is 3.64. The van der Waals surface area contributed by atoms with Crippen molar-refractivity contribution in [3.8, 4) is 0 Å². The van der Waals surface area contributed by atoms with Crippen molar-refractivity contribution in [1.82, 2.24) is 4.98 Å². The molecule has 0 amide bonds. The number of halogens is 2. The summed E-state index contributed by atoms with van der Waals surface area (Å²) in [6, 6.07) is 13.6. The van der Waals surface area contributed by atoms with Crippen molar-refractivity contribution in [2.45, 2.75) is 6.54 Å². The average molecular weight is 303 g/mol. The minimum atomic E-state index is 0.583. The predicted octanol–water partition coefficient (Wildman–Crippen LogP) is 5.15. The summed E-state index contributed by atoms with van der Waals surface area (Å²) in [7, 11) is 0. The number of aromatic nitrogens is 1. The lowest BCUT2D eigenvalue weighted by Crippen LogP contribution is -2.01. The number of benzene rings is 2. The Morgan fingerprint density at radius 3 is 2.50 bits per heavy atom. The van der Waals surface area contributed by atoms with Crippen molar-refractivity contribution in [2.75, 3.05) is 5.32 Å². The van der Waals surface area contributed by atoms with Crippen LogP contribution in [0.2, 0.25) is 10.0 Å². The van der Waals surface area contributed by atoms with E-state index in [0.717, 1.165) is 22.0 Å². The molecule has 100 valence electrons. The van der Waals surface area contributed by atoms with Gasteiger partial charge in [-0.15, -0.1) is 0 Å². The third kappa shape index (κ3) is 2.58. The highest BCUT2D eigenvalue weighted by Crippen LogP contribution is 2.27. The fourth-order valence-electron chi connectivity index (χ4n) is 2.16. The highest BCUT2D eigenvalue weighted by atomic mass is 35.5. The van der Waals surface area contributed by atoms with E-state index in [1.807, 2.05) is 48.7 Å². The van der Waals surface area contributed by atoms with Crippen LogP contribution < -0.4 is 5.32 Å². The zero-order valence-corrected chi connectivity index (χ0v) is 12.1. The first kappa shape index (κ1) is 13.2. The van der Waals surface area contributed by atoms with E-state index in [-0.39, 0.29) is 0 Å². The van der Waals surface area contributed by atoms with Gasteiger partial charge in [-0.25, -0.2) is 0 Å². The summed E-state index contributed by atoms with van der Waals surface area (Å²) in [5.41, 5.74) is 1.95. The molecule has 2 aromatic carbocycles. The van der Waals surface area contributed by atoms with Gasteiger partial charge >= 0.3 is 0 Å². The molecule has 0 aliphatic carbocycles. The zero-order valence-electron chi connectivity index (χ0n) is 10.6. The first-order valence-corrected chi connectivity index (χ1v) is 7.01. The third-order valence-electron chi connectivity index (χ3n) is 3.20. The summed E-state index contributed by atoms with van der Waals surface area (Å²) in [4.78, 5) is 4.13. The van der Waals surface area contributed by atoms with Crippen molar-refractivity contribution in [2.24, 2.45) is 0 Å². The molecule has 0 radical (unpaired) electrons. The molecule has 1 heterocycles. The summed E-state index contributed by atoms with van der Waals surface area (Å²) < 4.78 is 0. The number of nitrogens with one attached hydrogen (secondary N) is 1. The van der Waals surface area contributed by atoms with Crippen LogP contribution >= 0.6 is 23.2 Å². The summed E-state index contributed by atoms with van der Waals surface area (Å²) in [6.45, 7) is 0.583. The molecule has 0 bridgehead atoms. The molecule has 0 atom stereocenters. The number of hydrogen-bond acceptors (Lipinski definition) is 2. The van der Waals surface area contributed by atoms with E-state index >= 15 is 0 Å². The maximum absolute atomic E-state index is 6.18. The molecule has 0 fully saturated rings. The van der Waals surface area contributed by atoms with Gasteiger partial charge in [-0.1, -0.05) is 41.4 Å². The van der Waals surface area contributed by atoms with E-state index in [9.17, 15) is 0 Å². The third-order valence-corrected chi connectivity index (χ3v) is 3.91. The standard InChI is InChI=1S/C16H12Cl2N2/c17-14-4-2-5-15(18)13(14)10-20-16-6-1-3-11-9-19-8-7-12(11)16/h1-9,20H,10H2. The van der Waals surface area contributed by atoms with Crippen LogP contribution in [0.15, 0.2) is 54.9 Å². The van der Waals surface area contributed by atoms with Crippen molar-refractivity contribution >= 4 is 39.7 Å². The molecule has 0 aliphatic heterocycles. The van der Waals surface area contributed by atoms with Crippen LogP contribution in [0.1, 0.15) is 5.56 Å². The molecule has 20 heavy (non-hydrogen) atoms. The Balaban J connectivity index is 1.91. The largest absolute Gasteiger partial charge is 0.380 e. The number of rotatable bonds is 3. The van der Waals surface area contributed by atoms with Crippen molar-refractivity contribution in [3.05, 3.63) is 70.5 Å². The van der Waals surface area contributed by atoms with Crippen LogP contribution in [-0.4, -0.2) is 4.98 Å². The topological polar surface area (TPSA) is 24.9 Å². The zero-order chi connectivity index (χ0) is 13.9. The van der Waals surface area contributed by atoms with E-state index in [0.29, 0.717) is 16.6 Å². The van der Waals surface area contributed by atoms with Gasteiger partial charge in [-0.3, -0.25) is 4.98 Å². The average Bonchev–Trinajstić information content (AvgIpc) is 2.47. The summed E-state index contributed by atoms with van der Waals surface area (Å²) in [5, 5.41) is 6.97. The Bertz CT molecular complexity index is 731. The van der Waals surface area contributed by atoms with Gasteiger partial charge in [0, 0.05) is 51.0 Å². The molecular weight excluding hydrogens is 291 g/mol. The van der Waals surface area contributed by atoms with E-state index in [1.165, 1.54) is 0 Å². The minimum Gasteiger partial charge on any atom is -0.380 e. The Hall–Kier alpha value is -1.77. The van der Waals surface area contributed by atoms with Crippen LogP contribution in [0.25, 0.3) is 10.8 Å². The molecule has 3 rings (SSSR count). The van der Waals surface area contributed by atoms with Crippen LogP contribution in [0.4, 0.5) is 5.69 Å². The van der Waals surface area contributed by atoms with E-state index in [4.69, 9.17) is 23.2 Å². The van der Waals surface area contributed by atoms with Crippen molar-refractivity contribution in [3.63, 3.8) is 0 Å². The Labute approximate surface area is 127 Å². The Morgan fingerprint density at radius 2 is 1.70 bits per heavy atom. The number of pyridine rings is 1. The Kier molecular flexibility index (Phi) is 3.77. The van der Waals surface area contributed by atoms with Gasteiger partial charge < -0.3 is 5.32 Å². The monoisotopic (exact) mass is 302 g/mol. The molecule has 0 spiro atoms. The van der Waals surface area contributed by atoms with Crippen LogP contribution in [-0.2, 0) is 6.54 Å². The molecule has 2 nitrogen and oxygen atoms in total. The van der Waals surface area contributed by atoms with Gasteiger partial charge in [0.05, 0.1) is 0 Å². The normalized spacial score (nSPS) is 10.7. The van der Waals surface area contributed by atoms with Gasteiger partial charge in [-0.2, -0.15) is 0 Å². The highest BCUT2D eigenvalue weighted by Gasteiger charge is 2.06.